The van der Waals surface area contributed by atoms with Crippen molar-refractivity contribution < 1.29 is 9.32 Å². The van der Waals surface area contributed by atoms with Crippen LogP contribution in [0.5, 0.6) is 0 Å². The van der Waals surface area contributed by atoms with Gasteiger partial charge in [-0.15, -0.1) is 5.10 Å². The van der Waals surface area contributed by atoms with E-state index in [0.717, 1.165) is 17.0 Å². The summed E-state index contributed by atoms with van der Waals surface area (Å²) in [7, 11) is 0. The van der Waals surface area contributed by atoms with Crippen LogP contribution < -0.4 is 10.6 Å². The lowest BCUT2D eigenvalue weighted by atomic mass is 10.1. The first-order valence-electron chi connectivity index (χ1n) is 9.13. The summed E-state index contributed by atoms with van der Waals surface area (Å²) in [6, 6.07) is 10.8. The van der Waals surface area contributed by atoms with E-state index in [9.17, 15) is 4.79 Å². The van der Waals surface area contributed by atoms with Gasteiger partial charge in [0.2, 0.25) is 5.89 Å². The summed E-state index contributed by atoms with van der Waals surface area (Å²) in [4.78, 5) is 25.2. The van der Waals surface area contributed by atoms with Crippen LogP contribution in [0.2, 0.25) is 0 Å². The number of benzene rings is 1. The molecule has 10 heteroatoms. The molecule has 0 spiro atoms. The van der Waals surface area contributed by atoms with Crippen LogP contribution in [0.3, 0.4) is 0 Å². The van der Waals surface area contributed by atoms with Crippen LogP contribution in [0.1, 0.15) is 41.6 Å². The van der Waals surface area contributed by atoms with Gasteiger partial charge in [-0.05, 0) is 32.4 Å². The Balaban J connectivity index is 1.39. The standard InChI is InChI=1S/C19H20N8O2/c1-11-9-12(2)27-18(20-11)23-17(25-27)24-19(28)21-13(3)16-22-15(26-29-16)10-14-7-5-4-6-8-14/h4-9,13H,10H2,1-3H3,(H2,21,24,25,28). The van der Waals surface area contributed by atoms with Gasteiger partial charge in [0.05, 0.1) is 0 Å². The second-order valence-corrected chi connectivity index (χ2v) is 6.72. The van der Waals surface area contributed by atoms with Crippen LogP contribution >= 0.6 is 0 Å². The molecule has 3 heterocycles. The van der Waals surface area contributed by atoms with Crippen LogP contribution in [0.25, 0.3) is 5.78 Å². The maximum atomic E-state index is 12.3. The number of nitrogens with one attached hydrogen (secondary N) is 2. The quantitative estimate of drug-likeness (QED) is 0.535. The largest absolute Gasteiger partial charge is 0.337 e. The number of fused-ring (bicyclic) bond motifs is 1. The zero-order valence-electron chi connectivity index (χ0n) is 16.2. The van der Waals surface area contributed by atoms with Crippen molar-refractivity contribution in [1.82, 2.24) is 35.0 Å². The summed E-state index contributed by atoms with van der Waals surface area (Å²) in [6.45, 7) is 5.52. The number of urea groups is 1. The van der Waals surface area contributed by atoms with Gasteiger partial charge >= 0.3 is 6.03 Å². The molecular weight excluding hydrogens is 372 g/mol. The van der Waals surface area contributed by atoms with E-state index in [0.29, 0.717) is 23.9 Å². The molecule has 1 unspecified atom stereocenters. The monoisotopic (exact) mass is 392 g/mol. The molecule has 1 aromatic carbocycles. The number of anilines is 1. The van der Waals surface area contributed by atoms with Crippen molar-refractivity contribution in [3.8, 4) is 0 Å². The molecule has 0 bridgehead atoms. The molecule has 1 atom stereocenters. The van der Waals surface area contributed by atoms with E-state index in [-0.39, 0.29) is 5.95 Å². The number of amides is 2. The molecule has 4 aromatic rings. The van der Waals surface area contributed by atoms with Crippen LogP contribution in [-0.4, -0.2) is 35.8 Å². The van der Waals surface area contributed by atoms with Gasteiger partial charge in [0, 0.05) is 17.8 Å². The fourth-order valence-corrected chi connectivity index (χ4v) is 2.91. The molecule has 10 nitrogen and oxygen atoms in total. The smallest absolute Gasteiger partial charge is 0.322 e. The van der Waals surface area contributed by atoms with Crippen LogP contribution in [0.4, 0.5) is 10.7 Å². The summed E-state index contributed by atoms with van der Waals surface area (Å²) in [5.41, 5.74) is 2.78. The molecule has 148 valence electrons. The first kappa shape index (κ1) is 18.5. The zero-order chi connectivity index (χ0) is 20.4. The molecule has 0 aliphatic rings. The van der Waals surface area contributed by atoms with E-state index >= 15 is 0 Å². The third-order valence-corrected chi connectivity index (χ3v) is 4.25. The van der Waals surface area contributed by atoms with Crippen molar-refractivity contribution in [1.29, 1.82) is 0 Å². The Hall–Kier alpha value is -3.82. The lowest BCUT2D eigenvalue weighted by Gasteiger charge is -2.08. The van der Waals surface area contributed by atoms with Gasteiger partial charge in [-0.2, -0.15) is 14.5 Å². The predicted molar refractivity (Wildman–Crippen MR) is 104 cm³/mol. The highest BCUT2D eigenvalue weighted by Crippen LogP contribution is 2.13. The number of aryl methyl sites for hydroxylation is 2. The molecule has 0 saturated carbocycles. The number of nitrogens with zero attached hydrogens (tertiary/aromatic N) is 6. The van der Waals surface area contributed by atoms with Crippen LogP contribution in [0.15, 0.2) is 40.9 Å². The zero-order valence-corrected chi connectivity index (χ0v) is 16.2. The van der Waals surface area contributed by atoms with Crippen LogP contribution in [-0.2, 0) is 6.42 Å². The lowest BCUT2D eigenvalue weighted by Crippen LogP contribution is -2.31. The summed E-state index contributed by atoms with van der Waals surface area (Å²) in [5, 5.41) is 13.6. The average molecular weight is 392 g/mol. The highest BCUT2D eigenvalue weighted by atomic mass is 16.5. The lowest BCUT2D eigenvalue weighted by molar-refractivity contribution is 0.245. The summed E-state index contributed by atoms with van der Waals surface area (Å²) in [6.07, 6.45) is 0.556. The molecule has 0 aliphatic carbocycles. The third-order valence-electron chi connectivity index (χ3n) is 4.25. The average Bonchev–Trinajstić information content (AvgIpc) is 3.29. The highest BCUT2D eigenvalue weighted by molar-refractivity contribution is 5.87. The van der Waals surface area contributed by atoms with Gasteiger partial charge < -0.3 is 9.84 Å². The Morgan fingerprint density at radius 2 is 1.97 bits per heavy atom. The van der Waals surface area contributed by atoms with Crippen molar-refractivity contribution in [3.05, 3.63) is 65.1 Å². The topological polar surface area (TPSA) is 123 Å². The van der Waals surface area contributed by atoms with Gasteiger partial charge in [-0.3, -0.25) is 5.32 Å². The van der Waals surface area contributed by atoms with Gasteiger partial charge in [0.1, 0.15) is 6.04 Å². The van der Waals surface area contributed by atoms with Crippen molar-refractivity contribution in [3.63, 3.8) is 0 Å². The second kappa shape index (κ2) is 7.66. The molecule has 0 saturated heterocycles. The van der Waals surface area contributed by atoms with Crippen molar-refractivity contribution in [2.24, 2.45) is 0 Å². The maximum Gasteiger partial charge on any atom is 0.322 e. The van der Waals surface area contributed by atoms with Crippen molar-refractivity contribution in [2.45, 2.75) is 33.2 Å². The first-order valence-corrected chi connectivity index (χ1v) is 9.13. The Bertz CT molecular complexity index is 1150. The molecule has 3 aromatic heterocycles. The Morgan fingerprint density at radius 3 is 2.76 bits per heavy atom. The minimum atomic E-state index is -0.481. The molecule has 29 heavy (non-hydrogen) atoms. The number of aromatic nitrogens is 6. The molecule has 0 radical (unpaired) electrons. The number of rotatable bonds is 5. The number of hydrogen-bond acceptors (Lipinski definition) is 7. The fourth-order valence-electron chi connectivity index (χ4n) is 2.91. The van der Waals surface area contributed by atoms with Gasteiger partial charge in [0.25, 0.3) is 11.7 Å². The SMILES string of the molecule is Cc1cc(C)n2nc(NC(=O)NC(C)c3nc(Cc4ccccc4)no3)nc2n1. The number of carbonyl (C=O) groups is 1. The van der Waals surface area contributed by atoms with Gasteiger partial charge in [0.15, 0.2) is 5.82 Å². The van der Waals surface area contributed by atoms with E-state index in [2.05, 4.69) is 35.8 Å². The van der Waals surface area contributed by atoms with Crippen molar-refractivity contribution in [2.75, 3.05) is 5.32 Å². The Morgan fingerprint density at radius 1 is 1.17 bits per heavy atom. The van der Waals surface area contributed by atoms with E-state index in [4.69, 9.17) is 4.52 Å². The minimum absolute atomic E-state index is 0.159. The Labute approximate surface area is 166 Å². The normalized spacial score (nSPS) is 12.1. The molecular formula is C19H20N8O2. The highest BCUT2D eigenvalue weighted by Gasteiger charge is 2.18. The summed E-state index contributed by atoms with van der Waals surface area (Å²) >= 11 is 0. The fraction of sp³-hybridized carbons (Fsp3) is 0.263. The van der Waals surface area contributed by atoms with Gasteiger partial charge in [-0.1, -0.05) is 35.5 Å². The molecule has 4 rings (SSSR count). The van der Waals surface area contributed by atoms with Gasteiger partial charge in [-0.25, -0.2) is 9.78 Å². The van der Waals surface area contributed by atoms with E-state index in [1.165, 1.54) is 0 Å². The number of hydrogen-bond donors (Lipinski definition) is 2. The Kier molecular flexibility index (Phi) is 4.90. The first-order chi connectivity index (χ1) is 14.0. The van der Waals surface area contributed by atoms with E-state index in [1.807, 2.05) is 50.2 Å². The maximum absolute atomic E-state index is 12.3. The van der Waals surface area contributed by atoms with E-state index in [1.54, 1.807) is 11.4 Å². The number of carbonyl (C=O) groups excluding carboxylic acids is 1. The predicted octanol–water partition coefficient (Wildman–Crippen LogP) is 2.60. The molecule has 0 aliphatic heterocycles. The third kappa shape index (κ3) is 4.21. The summed E-state index contributed by atoms with van der Waals surface area (Å²) in [5.74, 6) is 1.46. The van der Waals surface area contributed by atoms with Crippen LogP contribution in [0, 0.1) is 13.8 Å². The molecule has 0 fully saturated rings. The minimum Gasteiger partial charge on any atom is -0.337 e. The second-order valence-electron chi connectivity index (χ2n) is 6.72. The molecule has 2 N–H and O–H groups in total. The van der Waals surface area contributed by atoms with Crippen molar-refractivity contribution >= 4 is 17.8 Å². The van der Waals surface area contributed by atoms with E-state index < -0.39 is 12.1 Å². The summed E-state index contributed by atoms with van der Waals surface area (Å²) < 4.78 is 6.85. The molecule has 2 amide bonds.